The monoisotopic (exact) mass is 377 g/mol. The van der Waals surface area contributed by atoms with Gasteiger partial charge in [0.2, 0.25) is 5.78 Å². The highest BCUT2D eigenvalue weighted by Gasteiger charge is 2.38. The van der Waals surface area contributed by atoms with E-state index in [-0.39, 0.29) is 5.06 Å². The smallest absolute Gasteiger partial charge is 0.313 e. The number of rotatable bonds is 5. The quantitative estimate of drug-likeness (QED) is 0.476. The van der Waals surface area contributed by atoms with Gasteiger partial charge in [0.05, 0.1) is 6.42 Å². The highest BCUT2D eigenvalue weighted by Crippen LogP contribution is 2.37. The van der Waals surface area contributed by atoms with Crippen LogP contribution in [-0.4, -0.2) is 34.1 Å². The summed E-state index contributed by atoms with van der Waals surface area (Å²) in [4.78, 5) is 23.8. The van der Waals surface area contributed by atoms with Gasteiger partial charge in [-0.1, -0.05) is 64.5 Å². The molecule has 0 radical (unpaired) electrons. The zero-order valence-electron chi connectivity index (χ0n) is 12.4. The fourth-order valence-electron chi connectivity index (χ4n) is 2.35. The van der Waals surface area contributed by atoms with Crippen LogP contribution in [0.4, 0.5) is 0 Å². The summed E-state index contributed by atoms with van der Waals surface area (Å²) in [6.45, 7) is 0. The van der Waals surface area contributed by atoms with Crippen molar-refractivity contribution in [2.45, 2.75) is 12.0 Å². The van der Waals surface area contributed by atoms with E-state index in [1.165, 1.54) is 0 Å². The van der Waals surface area contributed by atoms with Gasteiger partial charge >= 0.3 is 5.91 Å². The van der Waals surface area contributed by atoms with E-state index in [0.717, 1.165) is 7.05 Å². The van der Waals surface area contributed by atoms with Gasteiger partial charge in [-0.2, -0.15) is 0 Å². The van der Waals surface area contributed by atoms with Crippen LogP contribution in [0.2, 0.25) is 0 Å². The number of halogens is 1. The Morgan fingerprint density at radius 3 is 2.22 bits per heavy atom. The lowest BCUT2D eigenvalue weighted by Gasteiger charge is -2.29. The standard InChI is InChI=1S/C17H16BrNO4/c1-19(23)16(21)15(20)11-17(22,12-7-3-2-4-8-12)13-9-5-6-10-14(13)18/h2-10,22-23H,11H2,1H3. The molecular formula is C17H16BrNO4. The highest BCUT2D eigenvalue weighted by atomic mass is 79.9. The van der Waals surface area contributed by atoms with Crippen molar-refractivity contribution < 1.29 is 19.9 Å². The van der Waals surface area contributed by atoms with Gasteiger partial charge < -0.3 is 5.11 Å². The molecule has 2 aromatic carbocycles. The topological polar surface area (TPSA) is 77.8 Å². The van der Waals surface area contributed by atoms with Gasteiger partial charge in [-0.15, -0.1) is 0 Å². The molecule has 0 fully saturated rings. The van der Waals surface area contributed by atoms with E-state index in [1.54, 1.807) is 54.6 Å². The molecular weight excluding hydrogens is 362 g/mol. The molecule has 6 heteroatoms. The van der Waals surface area contributed by atoms with Gasteiger partial charge in [-0.25, -0.2) is 5.06 Å². The van der Waals surface area contributed by atoms with Crippen LogP contribution in [-0.2, 0) is 15.2 Å². The molecule has 0 aromatic heterocycles. The van der Waals surface area contributed by atoms with Gasteiger partial charge in [0.25, 0.3) is 0 Å². The molecule has 120 valence electrons. The molecule has 23 heavy (non-hydrogen) atoms. The minimum absolute atomic E-state index is 0.216. The molecule has 2 aromatic rings. The Hall–Kier alpha value is -2.02. The average molecular weight is 378 g/mol. The number of Topliss-reactive ketones (excluding diaryl/α,β-unsaturated/α-hetero) is 1. The number of carbonyl (C=O) groups is 2. The van der Waals surface area contributed by atoms with Crippen molar-refractivity contribution >= 4 is 27.6 Å². The van der Waals surface area contributed by atoms with Crippen molar-refractivity contribution in [2.24, 2.45) is 0 Å². The Labute approximate surface area is 142 Å². The molecule has 0 aliphatic heterocycles. The summed E-state index contributed by atoms with van der Waals surface area (Å²) in [6, 6.07) is 15.6. The molecule has 2 N–H and O–H groups in total. The third-order valence-corrected chi connectivity index (χ3v) is 4.21. The van der Waals surface area contributed by atoms with Crippen LogP contribution in [0, 0.1) is 0 Å². The zero-order chi connectivity index (χ0) is 17.0. The normalized spacial score (nSPS) is 13.2. The van der Waals surface area contributed by atoms with E-state index >= 15 is 0 Å². The van der Waals surface area contributed by atoms with Crippen molar-refractivity contribution in [1.82, 2.24) is 5.06 Å². The van der Waals surface area contributed by atoms with Crippen LogP contribution in [0.15, 0.2) is 59.1 Å². The molecule has 5 nitrogen and oxygen atoms in total. The fourth-order valence-corrected chi connectivity index (χ4v) is 2.96. The molecule has 0 saturated carbocycles. The molecule has 0 aliphatic rings. The van der Waals surface area contributed by atoms with Gasteiger partial charge in [-0.3, -0.25) is 14.8 Å². The molecule has 2 rings (SSSR count). The van der Waals surface area contributed by atoms with Crippen molar-refractivity contribution in [3.63, 3.8) is 0 Å². The predicted octanol–water partition coefficient (Wildman–Crippen LogP) is 2.49. The number of carbonyl (C=O) groups excluding carboxylic acids is 2. The largest absolute Gasteiger partial charge is 0.380 e. The van der Waals surface area contributed by atoms with Crippen molar-refractivity contribution in [3.8, 4) is 0 Å². The Balaban J connectivity index is 2.51. The fraction of sp³-hybridized carbons (Fsp3) is 0.176. The second-order valence-corrected chi connectivity index (χ2v) is 5.99. The summed E-state index contributed by atoms with van der Waals surface area (Å²) in [6.07, 6.45) is -0.483. The van der Waals surface area contributed by atoms with Crippen LogP contribution in [0.3, 0.4) is 0 Å². The molecule has 0 aliphatic carbocycles. The zero-order valence-corrected chi connectivity index (χ0v) is 14.0. The summed E-state index contributed by atoms with van der Waals surface area (Å²) in [5, 5.41) is 20.6. The third-order valence-electron chi connectivity index (χ3n) is 3.52. The second kappa shape index (κ2) is 7.04. The number of nitrogens with zero attached hydrogens (tertiary/aromatic N) is 1. The number of benzene rings is 2. The molecule has 1 unspecified atom stereocenters. The van der Waals surface area contributed by atoms with Crippen molar-refractivity contribution in [1.29, 1.82) is 0 Å². The van der Waals surface area contributed by atoms with Crippen LogP contribution in [0.25, 0.3) is 0 Å². The first-order valence-electron chi connectivity index (χ1n) is 6.89. The van der Waals surface area contributed by atoms with E-state index in [9.17, 15) is 14.7 Å². The first-order valence-corrected chi connectivity index (χ1v) is 7.68. The molecule has 0 saturated heterocycles. The van der Waals surface area contributed by atoms with E-state index in [1.807, 2.05) is 0 Å². The van der Waals surface area contributed by atoms with Crippen molar-refractivity contribution in [2.75, 3.05) is 7.05 Å². The Morgan fingerprint density at radius 1 is 1.09 bits per heavy atom. The summed E-state index contributed by atoms with van der Waals surface area (Å²) in [5.74, 6) is -1.97. The van der Waals surface area contributed by atoms with Crippen LogP contribution in [0.1, 0.15) is 17.5 Å². The first kappa shape index (κ1) is 17.3. The molecule has 0 heterocycles. The molecule has 0 spiro atoms. The maximum Gasteiger partial charge on any atom is 0.313 e. The maximum atomic E-state index is 12.1. The Kier molecular flexibility index (Phi) is 5.30. The summed E-state index contributed by atoms with van der Waals surface area (Å²) >= 11 is 3.37. The van der Waals surface area contributed by atoms with Gasteiger partial charge in [0.15, 0.2) is 0 Å². The number of hydrogen-bond acceptors (Lipinski definition) is 4. The number of hydrogen-bond donors (Lipinski definition) is 2. The first-order chi connectivity index (χ1) is 10.9. The molecule has 1 atom stereocenters. The number of likely N-dealkylation sites (N-methyl/N-ethyl adjacent to an activating group) is 1. The lowest BCUT2D eigenvalue weighted by atomic mass is 9.82. The van der Waals surface area contributed by atoms with Gasteiger partial charge in [-0.05, 0) is 11.6 Å². The second-order valence-electron chi connectivity index (χ2n) is 5.13. The van der Waals surface area contributed by atoms with Crippen LogP contribution >= 0.6 is 15.9 Å². The predicted molar refractivity (Wildman–Crippen MR) is 87.8 cm³/mol. The Morgan fingerprint density at radius 2 is 1.65 bits per heavy atom. The van der Waals surface area contributed by atoms with Gasteiger partial charge in [0.1, 0.15) is 5.60 Å². The van der Waals surface area contributed by atoms with Crippen LogP contribution < -0.4 is 0 Å². The third kappa shape index (κ3) is 3.67. The lowest BCUT2D eigenvalue weighted by Crippen LogP contribution is -2.38. The van der Waals surface area contributed by atoms with E-state index in [2.05, 4.69) is 15.9 Å². The lowest BCUT2D eigenvalue weighted by molar-refractivity contribution is -0.166. The minimum atomic E-state index is -1.69. The summed E-state index contributed by atoms with van der Waals surface area (Å²) in [5.41, 5.74) is -0.744. The molecule has 0 bridgehead atoms. The van der Waals surface area contributed by atoms with E-state index in [4.69, 9.17) is 5.21 Å². The minimum Gasteiger partial charge on any atom is -0.380 e. The van der Waals surface area contributed by atoms with Gasteiger partial charge in [0, 0.05) is 17.1 Å². The summed E-state index contributed by atoms with van der Waals surface area (Å²) < 4.78 is 0.615. The average Bonchev–Trinajstić information content (AvgIpc) is 2.55. The van der Waals surface area contributed by atoms with Crippen LogP contribution in [0.5, 0.6) is 0 Å². The van der Waals surface area contributed by atoms with Crippen molar-refractivity contribution in [3.05, 3.63) is 70.2 Å². The molecule has 1 amide bonds. The Bertz CT molecular complexity index is 718. The number of aliphatic hydroxyl groups is 1. The van der Waals surface area contributed by atoms with E-state index < -0.39 is 23.7 Å². The number of amides is 1. The van der Waals surface area contributed by atoms with E-state index in [0.29, 0.717) is 15.6 Å². The highest BCUT2D eigenvalue weighted by molar-refractivity contribution is 9.10. The SMILES string of the molecule is CN(O)C(=O)C(=O)CC(O)(c1ccccc1)c1ccccc1Br. The maximum absolute atomic E-state index is 12.1. The number of ketones is 1. The number of hydroxylamine groups is 2. The summed E-state index contributed by atoms with van der Waals surface area (Å²) in [7, 11) is 1.07.